The van der Waals surface area contributed by atoms with Crippen molar-refractivity contribution in [3.05, 3.63) is 94.8 Å². The lowest BCUT2D eigenvalue weighted by atomic mass is 9.81. The maximum absolute atomic E-state index is 13.4. The number of amides is 1. The first kappa shape index (κ1) is 18.4. The quantitative estimate of drug-likeness (QED) is 0.724. The first-order valence-corrected chi connectivity index (χ1v) is 10.1. The van der Waals surface area contributed by atoms with E-state index in [0.29, 0.717) is 24.4 Å². The molecule has 5 rings (SSSR count). The molecular weight excluding hydrogens is 376 g/mol. The van der Waals surface area contributed by atoms with Gasteiger partial charge in [0.05, 0.1) is 12.2 Å². The summed E-state index contributed by atoms with van der Waals surface area (Å²) in [4.78, 5) is 18.0. The van der Waals surface area contributed by atoms with Crippen LogP contribution in [0, 0.1) is 6.92 Å². The van der Waals surface area contributed by atoms with Crippen molar-refractivity contribution in [1.82, 2.24) is 10.3 Å². The number of rotatable bonds is 3. The third-order valence-electron chi connectivity index (χ3n) is 5.70. The standard InChI is InChI=1S/C25H22N2O3/c1-17-8-10-20(11-9-17)25(12-14-29-22-7-4-13-26-23(22)25)27-24(28)19-15-18-5-2-3-6-21(18)30-16-19/h2-11,13,15H,12,14,16H2,1H3,(H,27,28)/t25-/m0/s1. The number of aryl methyl sites for hydroxylation is 1. The van der Waals surface area contributed by atoms with Crippen LogP contribution >= 0.6 is 0 Å². The van der Waals surface area contributed by atoms with Crippen molar-refractivity contribution in [2.24, 2.45) is 0 Å². The van der Waals surface area contributed by atoms with Gasteiger partial charge in [0.15, 0.2) is 0 Å². The Hall–Kier alpha value is -3.60. The number of nitrogens with one attached hydrogen (secondary N) is 1. The second-order valence-corrected chi connectivity index (χ2v) is 7.67. The van der Waals surface area contributed by atoms with E-state index in [0.717, 1.165) is 28.1 Å². The number of ether oxygens (including phenoxy) is 2. The predicted octanol–water partition coefficient (Wildman–Crippen LogP) is 4.01. The summed E-state index contributed by atoms with van der Waals surface area (Å²) in [6, 6.07) is 19.7. The van der Waals surface area contributed by atoms with Crippen LogP contribution < -0.4 is 14.8 Å². The number of para-hydroxylation sites is 1. The summed E-state index contributed by atoms with van der Waals surface area (Å²) in [6.07, 6.45) is 4.23. The van der Waals surface area contributed by atoms with Crippen molar-refractivity contribution in [1.29, 1.82) is 0 Å². The van der Waals surface area contributed by atoms with E-state index in [9.17, 15) is 4.79 Å². The largest absolute Gasteiger partial charge is 0.491 e. The van der Waals surface area contributed by atoms with E-state index in [2.05, 4.69) is 34.6 Å². The van der Waals surface area contributed by atoms with Gasteiger partial charge in [0.2, 0.25) is 0 Å². The van der Waals surface area contributed by atoms with Gasteiger partial charge >= 0.3 is 0 Å². The molecule has 1 atom stereocenters. The maximum Gasteiger partial charge on any atom is 0.251 e. The summed E-state index contributed by atoms with van der Waals surface area (Å²) in [6.45, 7) is 2.77. The Morgan fingerprint density at radius 2 is 1.80 bits per heavy atom. The van der Waals surface area contributed by atoms with Crippen molar-refractivity contribution in [2.75, 3.05) is 13.2 Å². The Morgan fingerprint density at radius 1 is 1.00 bits per heavy atom. The lowest BCUT2D eigenvalue weighted by molar-refractivity contribution is -0.119. The van der Waals surface area contributed by atoms with Crippen LogP contribution in [0.15, 0.2) is 72.4 Å². The molecule has 1 amide bonds. The number of carbonyl (C=O) groups is 1. The third-order valence-corrected chi connectivity index (χ3v) is 5.70. The van der Waals surface area contributed by atoms with Crippen molar-refractivity contribution in [3.8, 4) is 11.5 Å². The average molecular weight is 398 g/mol. The van der Waals surface area contributed by atoms with Crippen LogP contribution in [0.3, 0.4) is 0 Å². The Labute approximate surface area is 175 Å². The molecule has 2 aliphatic rings. The fourth-order valence-electron chi connectivity index (χ4n) is 4.09. The smallest absolute Gasteiger partial charge is 0.251 e. The van der Waals surface area contributed by atoms with Gasteiger partial charge in [0.25, 0.3) is 5.91 Å². The van der Waals surface area contributed by atoms with E-state index < -0.39 is 5.54 Å². The van der Waals surface area contributed by atoms with Crippen molar-refractivity contribution in [2.45, 2.75) is 18.9 Å². The molecule has 0 radical (unpaired) electrons. The molecule has 0 fully saturated rings. The number of benzene rings is 2. The number of nitrogens with zero attached hydrogens (tertiary/aromatic N) is 1. The summed E-state index contributed by atoms with van der Waals surface area (Å²) >= 11 is 0. The summed E-state index contributed by atoms with van der Waals surface area (Å²) in [7, 11) is 0. The van der Waals surface area contributed by atoms with Gasteiger partial charge in [-0.25, -0.2) is 0 Å². The van der Waals surface area contributed by atoms with E-state index >= 15 is 0 Å². The highest BCUT2D eigenvalue weighted by atomic mass is 16.5. The van der Waals surface area contributed by atoms with E-state index in [1.165, 1.54) is 0 Å². The Morgan fingerprint density at radius 3 is 2.67 bits per heavy atom. The Kier molecular flexibility index (Phi) is 4.51. The molecule has 5 nitrogen and oxygen atoms in total. The molecule has 150 valence electrons. The lowest BCUT2D eigenvalue weighted by Gasteiger charge is -2.39. The molecule has 1 N–H and O–H groups in total. The summed E-state index contributed by atoms with van der Waals surface area (Å²) < 4.78 is 11.6. The topological polar surface area (TPSA) is 60.5 Å². The zero-order valence-corrected chi connectivity index (χ0v) is 16.7. The monoisotopic (exact) mass is 398 g/mol. The molecule has 2 aromatic carbocycles. The number of aromatic nitrogens is 1. The minimum atomic E-state index is -0.766. The second kappa shape index (κ2) is 7.34. The molecule has 5 heteroatoms. The van der Waals surface area contributed by atoms with Gasteiger partial charge in [-0.1, -0.05) is 48.0 Å². The highest BCUT2D eigenvalue weighted by Crippen LogP contribution is 2.41. The third kappa shape index (κ3) is 3.12. The first-order valence-electron chi connectivity index (χ1n) is 10.1. The van der Waals surface area contributed by atoms with Gasteiger partial charge in [0.1, 0.15) is 29.3 Å². The van der Waals surface area contributed by atoms with Gasteiger partial charge in [0, 0.05) is 18.2 Å². The van der Waals surface area contributed by atoms with Crippen LogP contribution in [-0.4, -0.2) is 24.1 Å². The van der Waals surface area contributed by atoms with E-state index in [4.69, 9.17) is 9.47 Å². The number of pyridine rings is 1. The normalized spacial score (nSPS) is 19.4. The van der Waals surface area contributed by atoms with Crippen LogP contribution in [0.5, 0.6) is 11.5 Å². The van der Waals surface area contributed by atoms with Crippen LogP contribution in [0.1, 0.15) is 28.8 Å². The minimum absolute atomic E-state index is 0.163. The maximum atomic E-state index is 13.4. The van der Waals surface area contributed by atoms with Crippen LogP contribution in [0.2, 0.25) is 0 Å². The molecule has 0 spiro atoms. The molecule has 30 heavy (non-hydrogen) atoms. The van der Waals surface area contributed by atoms with Crippen molar-refractivity contribution in [3.63, 3.8) is 0 Å². The zero-order chi connectivity index (χ0) is 20.6. The molecule has 0 saturated heterocycles. The van der Waals surface area contributed by atoms with E-state index in [-0.39, 0.29) is 12.5 Å². The highest BCUT2D eigenvalue weighted by Gasteiger charge is 2.42. The number of carbonyl (C=O) groups excluding carboxylic acids is 1. The van der Waals surface area contributed by atoms with Crippen LogP contribution in [0.4, 0.5) is 0 Å². The Balaban J connectivity index is 1.57. The minimum Gasteiger partial charge on any atom is -0.491 e. The molecule has 3 heterocycles. The molecule has 2 aliphatic heterocycles. The fraction of sp³-hybridized carbons (Fsp3) is 0.200. The zero-order valence-electron chi connectivity index (χ0n) is 16.7. The first-order chi connectivity index (χ1) is 14.7. The van der Waals surface area contributed by atoms with E-state index in [1.54, 1.807) is 6.20 Å². The summed E-state index contributed by atoms with van der Waals surface area (Å²) in [5.41, 5.74) is 3.60. The van der Waals surface area contributed by atoms with Gasteiger partial charge in [-0.2, -0.15) is 0 Å². The SMILES string of the molecule is Cc1ccc([C@@]2(NC(=O)C3=Cc4ccccc4OC3)CCOc3cccnc32)cc1. The molecule has 0 saturated carbocycles. The predicted molar refractivity (Wildman–Crippen MR) is 114 cm³/mol. The van der Waals surface area contributed by atoms with E-state index in [1.807, 2.05) is 49.4 Å². The number of hydrogen-bond donors (Lipinski definition) is 1. The lowest BCUT2D eigenvalue weighted by Crippen LogP contribution is -2.51. The molecule has 3 aromatic rings. The molecular formula is C25H22N2O3. The highest BCUT2D eigenvalue weighted by molar-refractivity contribution is 5.99. The molecule has 0 aliphatic carbocycles. The van der Waals surface area contributed by atoms with Crippen molar-refractivity contribution < 1.29 is 14.3 Å². The Bertz CT molecular complexity index is 1140. The van der Waals surface area contributed by atoms with Gasteiger partial charge < -0.3 is 14.8 Å². The van der Waals surface area contributed by atoms with Crippen LogP contribution in [0.25, 0.3) is 6.08 Å². The van der Waals surface area contributed by atoms with Crippen LogP contribution in [-0.2, 0) is 10.3 Å². The molecule has 1 aromatic heterocycles. The second-order valence-electron chi connectivity index (χ2n) is 7.67. The number of fused-ring (bicyclic) bond motifs is 2. The van der Waals surface area contributed by atoms with Crippen molar-refractivity contribution >= 4 is 12.0 Å². The van der Waals surface area contributed by atoms with Gasteiger partial charge in [-0.3, -0.25) is 9.78 Å². The van der Waals surface area contributed by atoms with Gasteiger partial charge in [-0.05, 0) is 36.8 Å². The summed E-state index contributed by atoms with van der Waals surface area (Å²) in [5, 5.41) is 3.30. The number of hydrogen-bond acceptors (Lipinski definition) is 4. The molecule has 0 bridgehead atoms. The molecule has 0 unspecified atom stereocenters. The summed E-state index contributed by atoms with van der Waals surface area (Å²) in [5.74, 6) is 1.33. The average Bonchev–Trinajstić information content (AvgIpc) is 2.79. The van der Waals surface area contributed by atoms with Gasteiger partial charge in [-0.15, -0.1) is 0 Å². The fourth-order valence-corrected chi connectivity index (χ4v) is 4.09.